The minimum atomic E-state index is -1.52. The molecule has 2 fully saturated rings. The van der Waals surface area contributed by atoms with E-state index < -0.39 is 46.2 Å². The third kappa shape index (κ3) is 3.55. The van der Waals surface area contributed by atoms with E-state index in [0.29, 0.717) is 31.4 Å². The summed E-state index contributed by atoms with van der Waals surface area (Å²) >= 11 is 0. The standard InChI is InChI=1S/C20H29NO7/c1-5-14-10-12(2)20(4,28-13(3)22)19(24)26-11-15-6-8-21(25)9-7-16(17(15)21)27-18(14)23/h6,12,14,16-17H,5,7-11H2,1-4H3/t12-,14-,16+,17+,20-,21?/m0/s1. The van der Waals surface area contributed by atoms with Gasteiger partial charge in [-0.05, 0) is 25.8 Å². The zero-order valence-corrected chi connectivity index (χ0v) is 16.9. The number of hydrogen-bond donors (Lipinski definition) is 0. The van der Waals surface area contributed by atoms with Gasteiger partial charge in [-0.2, -0.15) is 0 Å². The molecule has 0 N–H and O–H groups in total. The highest BCUT2D eigenvalue weighted by atomic mass is 16.6. The topological polar surface area (TPSA) is 102 Å². The van der Waals surface area contributed by atoms with E-state index in [1.54, 1.807) is 13.0 Å². The van der Waals surface area contributed by atoms with Crippen molar-refractivity contribution in [2.24, 2.45) is 11.8 Å². The van der Waals surface area contributed by atoms with Crippen LogP contribution in [0.3, 0.4) is 0 Å². The van der Waals surface area contributed by atoms with Crippen molar-refractivity contribution >= 4 is 17.9 Å². The van der Waals surface area contributed by atoms with Crippen LogP contribution in [0, 0.1) is 17.0 Å². The Hall–Kier alpha value is -1.93. The summed E-state index contributed by atoms with van der Waals surface area (Å²) in [5.41, 5.74) is -0.846. The fourth-order valence-electron chi connectivity index (χ4n) is 4.61. The number of ether oxygens (including phenoxy) is 3. The fraction of sp³-hybridized carbons (Fsp3) is 0.750. The highest BCUT2D eigenvalue weighted by molar-refractivity contribution is 5.83. The zero-order valence-electron chi connectivity index (χ0n) is 16.9. The second-order valence-corrected chi connectivity index (χ2v) is 8.37. The highest BCUT2D eigenvalue weighted by Crippen LogP contribution is 2.40. The Bertz CT molecular complexity index is 705. The SMILES string of the molecule is CC[C@H]1C[C@H](C)[C@](C)(OC(C)=O)C(=O)OCC2=CC[N+]3([O-])CC[C@@H](OC1=O)[C@@H]23. The molecule has 28 heavy (non-hydrogen) atoms. The molecular weight excluding hydrogens is 366 g/mol. The first-order chi connectivity index (χ1) is 13.1. The lowest BCUT2D eigenvalue weighted by Gasteiger charge is -2.41. The largest absolute Gasteiger partial charge is 0.632 e. The number of esters is 3. The van der Waals surface area contributed by atoms with Gasteiger partial charge in [-0.15, -0.1) is 0 Å². The number of cyclic esters (lactones) is 1. The molecule has 0 radical (unpaired) electrons. The summed E-state index contributed by atoms with van der Waals surface area (Å²) in [6, 6.07) is -0.536. The predicted octanol–water partition coefficient (Wildman–Crippen LogP) is 1.86. The molecule has 6 atom stereocenters. The molecule has 0 saturated carbocycles. The van der Waals surface area contributed by atoms with Crippen LogP contribution in [0.4, 0.5) is 0 Å². The summed E-state index contributed by atoms with van der Waals surface area (Å²) in [4.78, 5) is 37.4. The summed E-state index contributed by atoms with van der Waals surface area (Å²) in [7, 11) is 0. The summed E-state index contributed by atoms with van der Waals surface area (Å²) in [5, 5.41) is 13.0. The lowest BCUT2D eigenvalue weighted by molar-refractivity contribution is -0.877. The summed E-state index contributed by atoms with van der Waals surface area (Å²) in [6.07, 6.45) is 2.61. The van der Waals surface area contributed by atoms with Gasteiger partial charge < -0.3 is 24.1 Å². The first-order valence-corrected chi connectivity index (χ1v) is 9.94. The number of quaternary nitrogens is 1. The average Bonchev–Trinajstić information content (AvgIpc) is 3.11. The Morgan fingerprint density at radius 2 is 2.14 bits per heavy atom. The normalized spacial score (nSPS) is 41.1. The molecule has 3 aliphatic rings. The van der Waals surface area contributed by atoms with Gasteiger partial charge in [0.05, 0.1) is 19.0 Å². The Labute approximate surface area is 165 Å². The van der Waals surface area contributed by atoms with Crippen molar-refractivity contribution in [2.75, 3.05) is 19.7 Å². The summed E-state index contributed by atoms with van der Waals surface area (Å²) in [6.45, 7) is 6.96. The van der Waals surface area contributed by atoms with E-state index in [9.17, 15) is 19.6 Å². The van der Waals surface area contributed by atoms with Crippen LogP contribution in [0.5, 0.6) is 0 Å². The number of carbonyl (C=O) groups excluding carboxylic acids is 3. The van der Waals surface area contributed by atoms with E-state index in [0.717, 1.165) is 0 Å². The Kier molecular flexibility index (Phi) is 5.55. The Morgan fingerprint density at radius 3 is 2.79 bits per heavy atom. The van der Waals surface area contributed by atoms with E-state index in [-0.39, 0.29) is 19.1 Å². The van der Waals surface area contributed by atoms with Crippen molar-refractivity contribution in [3.05, 3.63) is 16.9 Å². The molecule has 0 amide bonds. The van der Waals surface area contributed by atoms with E-state index >= 15 is 0 Å². The zero-order chi connectivity index (χ0) is 20.7. The van der Waals surface area contributed by atoms with Gasteiger partial charge in [0.15, 0.2) is 12.1 Å². The maximum atomic E-state index is 13.0. The van der Waals surface area contributed by atoms with Crippen molar-refractivity contribution in [2.45, 2.75) is 64.7 Å². The predicted molar refractivity (Wildman–Crippen MR) is 98.4 cm³/mol. The lowest BCUT2D eigenvalue weighted by atomic mass is 9.82. The number of rotatable bonds is 2. The highest BCUT2D eigenvalue weighted by Gasteiger charge is 2.52. The molecule has 2 saturated heterocycles. The number of nitrogens with zero attached hydrogens (tertiary/aromatic N) is 1. The maximum Gasteiger partial charge on any atom is 0.350 e. The van der Waals surface area contributed by atoms with Gasteiger partial charge in [0.1, 0.15) is 6.61 Å². The van der Waals surface area contributed by atoms with Gasteiger partial charge in [-0.25, -0.2) is 4.79 Å². The van der Waals surface area contributed by atoms with Crippen LogP contribution in [0.2, 0.25) is 0 Å². The number of hydrogen-bond acceptors (Lipinski definition) is 7. The average molecular weight is 395 g/mol. The molecule has 3 heterocycles. The van der Waals surface area contributed by atoms with Crippen molar-refractivity contribution in [3.63, 3.8) is 0 Å². The van der Waals surface area contributed by atoms with Crippen LogP contribution in [0.1, 0.15) is 47.0 Å². The van der Waals surface area contributed by atoms with E-state index in [4.69, 9.17) is 14.2 Å². The van der Waals surface area contributed by atoms with Gasteiger partial charge in [0.2, 0.25) is 5.60 Å². The Balaban J connectivity index is 1.94. The van der Waals surface area contributed by atoms with Gasteiger partial charge >= 0.3 is 17.9 Å². The quantitative estimate of drug-likeness (QED) is 0.231. The number of hydroxylamine groups is 3. The Morgan fingerprint density at radius 1 is 1.43 bits per heavy atom. The second-order valence-electron chi connectivity index (χ2n) is 8.37. The monoisotopic (exact) mass is 395 g/mol. The van der Waals surface area contributed by atoms with Crippen molar-refractivity contribution < 1.29 is 33.2 Å². The molecule has 3 aliphatic heterocycles. The van der Waals surface area contributed by atoms with Crippen LogP contribution < -0.4 is 0 Å². The van der Waals surface area contributed by atoms with Gasteiger partial charge in [0, 0.05) is 24.8 Å². The minimum Gasteiger partial charge on any atom is -0.632 e. The molecule has 0 spiro atoms. The van der Waals surface area contributed by atoms with Crippen molar-refractivity contribution in [1.82, 2.24) is 0 Å². The van der Waals surface area contributed by atoms with Crippen LogP contribution in [0.15, 0.2) is 11.6 Å². The minimum absolute atomic E-state index is 0.0689. The van der Waals surface area contributed by atoms with Crippen LogP contribution in [0.25, 0.3) is 0 Å². The fourth-order valence-corrected chi connectivity index (χ4v) is 4.61. The summed E-state index contributed by atoms with van der Waals surface area (Å²) in [5.74, 6) is -2.53. The van der Waals surface area contributed by atoms with Crippen LogP contribution >= 0.6 is 0 Å². The molecule has 0 bridgehead atoms. The van der Waals surface area contributed by atoms with Crippen molar-refractivity contribution in [1.29, 1.82) is 0 Å². The maximum absolute atomic E-state index is 13.0. The molecule has 3 rings (SSSR count). The molecule has 0 aromatic rings. The van der Waals surface area contributed by atoms with Crippen LogP contribution in [-0.4, -0.2) is 60.0 Å². The second kappa shape index (κ2) is 7.48. The molecular formula is C20H29NO7. The molecule has 0 aliphatic carbocycles. The molecule has 0 aromatic carbocycles. The first-order valence-electron chi connectivity index (χ1n) is 9.94. The van der Waals surface area contributed by atoms with Gasteiger partial charge in [-0.3, -0.25) is 9.59 Å². The molecule has 8 heteroatoms. The third-order valence-electron chi connectivity index (χ3n) is 6.50. The van der Waals surface area contributed by atoms with E-state index in [1.807, 2.05) is 6.92 Å². The molecule has 8 nitrogen and oxygen atoms in total. The first kappa shape index (κ1) is 20.8. The lowest BCUT2D eigenvalue weighted by Crippen LogP contribution is -2.50. The smallest absolute Gasteiger partial charge is 0.350 e. The van der Waals surface area contributed by atoms with Gasteiger partial charge in [0.25, 0.3) is 0 Å². The van der Waals surface area contributed by atoms with Crippen molar-refractivity contribution in [3.8, 4) is 0 Å². The molecule has 0 aromatic heterocycles. The van der Waals surface area contributed by atoms with Crippen LogP contribution in [-0.2, 0) is 28.6 Å². The number of carbonyl (C=O) groups is 3. The third-order valence-corrected chi connectivity index (χ3v) is 6.50. The summed E-state index contributed by atoms with van der Waals surface area (Å²) < 4.78 is 16.2. The van der Waals surface area contributed by atoms with E-state index in [2.05, 4.69) is 0 Å². The molecule has 1 unspecified atom stereocenters. The van der Waals surface area contributed by atoms with E-state index in [1.165, 1.54) is 13.8 Å². The van der Waals surface area contributed by atoms with Gasteiger partial charge in [-0.1, -0.05) is 13.8 Å². The molecule has 156 valence electrons.